The van der Waals surface area contributed by atoms with Crippen molar-refractivity contribution in [3.63, 3.8) is 0 Å². The van der Waals surface area contributed by atoms with Crippen LogP contribution in [-0.2, 0) is 0 Å². The van der Waals surface area contributed by atoms with E-state index in [0.29, 0.717) is 10.7 Å². The summed E-state index contributed by atoms with van der Waals surface area (Å²) in [5.74, 6) is 0. The Bertz CT molecular complexity index is 1140. The van der Waals surface area contributed by atoms with Gasteiger partial charge in [-0.1, -0.05) is 29.3 Å². The van der Waals surface area contributed by atoms with Crippen molar-refractivity contribution in [3.05, 3.63) is 61.6 Å². The number of nitriles is 1. The number of quaternary nitrogens is 1. The summed E-state index contributed by atoms with van der Waals surface area (Å²) in [7, 11) is 0. The Kier molecular flexibility index (Phi) is 7.45. The number of non-ortho nitro benzene ring substituents is 1. The number of halogens is 2. The molecule has 1 unspecified atom stereocenters. The van der Waals surface area contributed by atoms with Gasteiger partial charge in [-0.2, -0.15) is 5.26 Å². The minimum atomic E-state index is -0.616. The Balaban J connectivity index is 1.40. The van der Waals surface area contributed by atoms with Gasteiger partial charge in [0.25, 0.3) is 5.69 Å². The molecule has 1 atom stereocenters. The van der Waals surface area contributed by atoms with Gasteiger partial charge in [-0.3, -0.25) is 15.0 Å². The van der Waals surface area contributed by atoms with Crippen molar-refractivity contribution in [1.82, 2.24) is 10.2 Å². The van der Waals surface area contributed by atoms with Crippen LogP contribution in [0.15, 0.2) is 40.6 Å². The Labute approximate surface area is 208 Å². The molecule has 3 aliphatic heterocycles. The molecule has 5 rings (SSSR count). The lowest BCUT2D eigenvalue weighted by atomic mass is 10.1. The van der Waals surface area contributed by atoms with Gasteiger partial charge in [0, 0.05) is 44.4 Å². The molecule has 9 nitrogen and oxygen atoms in total. The highest BCUT2D eigenvalue weighted by molar-refractivity contribution is 6.33. The number of nitro groups is 1. The molecule has 0 saturated carbocycles. The summed E-state index contributed by atoms with van der Waals surface area (Å²) in [5.41, 5.74) is 1.21. The molecule has 0 spiro atoms. The van der Waals surface area contributed by atoms with Gasteiger partial charge in [0.05, 0.1) is 46.7 Å². The van der Waals surface area contributed by atoms with Crippen molar-refractivity contribution in [2.75, 3.05) is 52.4 Å². The molecule has 0 amide bonds. The minimum absolute atomic E-state index is 0.0263. The fourth-order valence-electron chi connectivity index (χ4n) is 4.56. The van der Waals surface area contributed by atoms with E-state index in [1.54, 1.807) is 6.07 Å². The molecule has 1 N–H and O–H groups in total. The molecule has 0 aliphatic carbocycles. The highest BCUT2D eigenvalue weighted by Crippen LogP contribution is 2.36. The van der Waals surface area contributed by atoms with Crippen molar-refractivity contribution < 1.29 is 9.41 Å². The van der Waals surface area contributed by atoms with E-state index in [0.717, 1.165) is 30.8 Å². The first-order valence-corrected chi connectivity index (χ1v) is 12.0. The minimum Gasteiger partial charge on any atom is -0.319 e. The number of nitro benzene ring substituents is 1. The number of piperazine rings is 3. The zero-order valence-electron chi connectivity index (χ0n) is 18.9. The van der Waals surface area contributed by atoms with Crippen molar-refractivity contribution in [2.45, 2.75) is 13.0 Å². The van der Waals surface area contributed by atoms with E-state index in [4.69, 9.17) is 23.2 Å². The second-order valence-electron chi connectivity index (χ2n) is 8.86. The van der Waals surface area contributed by atoms with Crippen LogP contribution in [0, 0.1) is 21.4 Å². The Morgan fingerprint density at radius 3 is 2.50 bits per heavy atom. The van der Waals surface area contributed by atoms with Crippen molar-refractivity contribution in [1.29, 1.82) is 5.26 Å². The van der Waals surface area contributed by atoms with Gasteiger partial charge >= 0.3 is 0 Å². The molecule has 2 aromatic rings. The maximum atomic E-state index is 11.0. The number of nitrogens with one attached hydrogen (secondary N) is 1. The van der Waals surface area contributed by atoms with E-state index in [9.17, 15) is 15.4 Å². The topological polar surface area (TPSA) is 107 Å². The van der Waals surface area contributed by atoms with E-state index in [2.05, 4.69) is 27.4 Å². The maximum absolute atomic E-state index is 11.0. The van der Waals surface area contributed by atoms with Crippen LogP contribution in [-0.4, -0.2) is 66.7 Å². The van der Waals surface area contributed by atoms with E-state index >= 15 is 0 Å². The Hall–Kier alpha value is -2.61. The van der Waals surface area contributed by atoms with Gasteiger partial charge in [-0.05, 0) is 24.6 Å². The molecule has 11 heteroatoms. The highest BCUT2D eigenvalue weighted by Gasteiger charge is 2.37. The monoisotopic (exact) mass is 502 g/mol. The average molecular weight is 503 g/mol. The lowest BCUT2D eigenvalue weighted by molar-refractivity contribution is -0.939. The largest absolute Gasteiger partial charge is 0.319 e. The van der Waals surface area contributed by atoms with Gasteiger partial charge in [-0.25, -0.2) is 0 Å². The van der Waals surface area contributed by atoms with Gasteiger partial charge in [-0.15, -0.1) is 10.2 Å². The molecule has 3 saturated heterocycles. The Morgan fingerprint density at radius 2 is 1.88 bits per heavy atom. The molecule has 3 fully saturated rings. The fourth-order valence-corrected chi connectivity index (χ4v) is 5.04. The third kappa shape index (κ3) is 5.37. The number of hydrogen-bond donors (Lipinski definition) is 1. The molecule has 178 valence electrons. The number of hydrogen-bond acceptors (Lipinski definition) is 7. The first-order chi connectivity index (χ1) is 16.3. The van der Waals surface area contributed by atoms with Crippen LogP contribution in [0.4, 0.5) is 17.1 Å². The first kappa shape index (κ1) is 24.5. The van der Waals surface area contributed by atoms with Crippen LogP contribution in [0.1, 0.15) is 24.1 Å². The molecular weight excluding hydrogens is 477 g/mol. The predicted molar refractivity (Wildman–Crippen MR) is 131 cm³/mol. The summed E-state index contributed by atoms with van der Waals surface area (Å²) >= 11 is 12.6. The van der Waals surface area contributed by atoms with E-state index in [1.165, 1.54) is 43.8 Å². The van der Waals surface area contributed by atoms with E-state index in [1.807, 2.05) is 18.2 Å². The molecular formula is C23H26Cl2N7O2+. The summed E-state index contributed by atoms with van der Waals surface area (Å²) in [6.45, 7) is 11.5. The summed E-state index contributed by atoms with van der Waals surface area (Å²) in [5, 5.41) is 32.5. The van der Waals surface area contributed by atoms with Gasteiger partial charge < -0.3 is 9.80 Å². The molecule has 3 aliphatic rings. The number of rotatable bonds is 8. The molecule has 0 aromatic heterocycles. The van der Waals surface area contributed by atoms with Gasteiger partial charge in [0.1, 0.15) is 17.4 Å². The van der Waals surface area contributed by atoms with E-state index in [-0.39, 0.29) is 28.0 Å². The van der Waals surface area contributed by atoms with Crippen molar-refractivity contribution in [3.8, 4) is 6.07 Å². The Morgan fingerprint density at radius 1 is 1.18 bits per heavy atom. The van der Waals surface area contributed by atoms with Crippen molar-refractivity contribution >= 4 is 40.3 Å². The zero-order valence-corrected chi connectivity index (χ0v) is 20.4. The summed E-state index contributed by atoms with van der Waals surface area (Å²) in [4.78, 5) is 12.9. The molecule has 2 bridgehead atoms. The maximum Gasteiger partial charge on any atom is 0.272 e. The smallest absolute Gasteiger partial charge is 0.272 e. The third-order valence-corrected chi connectivity index (χ3v) is 7.41. The first-order valence-electron chi connectivity index (χ1n) is 11.2. The second kappa shape index (κ2) is 10.3. The van der Waals surface area contributed by atoms with Gasteiger partial charge in [0.2, 0.25) is 0 Å². The molecule has 34 heavy (non-hydrogen) atoms. The zero-order chi connectivity index (χ0) is 24.3. The summed E-state index contributed by atoms with van der Waals surface area (Å²) in [6, 6.07) is 9.81. The average Bonchev–Trinajstić information content (AvgIpc) is 2.84. The van der Waals surface area contributed by atoms with Gasteiger partial charge in [0.15, 0.2) is 0 Å². The van der Waals surface area contributed by atoms with Crippen molar-refractivity contribution in [2.24, 2.45) is 10.2 Å². The second-order valence-corrected chi connectivity index (χ2v) is 9.67. The molecule has 3 heterocycles. The van der Waals surface area contributed by atoms with Crippen LogP contribution >= 0.6 is 23.2 Å². The molecule has 0 radical (unpaired) electrons. The summed E-state index contributed by atoms with van der Waals surface area (Å²) in [6.07, 6.45) is 0. The fraction of sp³-hybridized carbons (Fsp3) is 0.435. The lowest BCUT2D eigenvalue weighted by Crippen LogP contribution is -2.68. The SMILES string of the molecule is CC(NCC[N+]12CCN(CC1)CC2)c1ccc(N=Nc2c(Cl)cc([N+](=O)[O-])cc2C#N)c(Cl)c1. The normalized spacial score (nSPS) is 22.6. The number of azo groups is 1. The highest BCUT2D eigenvalue weighted by atomic mass is 35.5. The van der Waals surface area contributed by atoms with E-state index < -0.39 is 4.92 Å². The standard InChI is InChI=1S/C23H26Cl2N7O2/c1-16(27-4-8-32-9-5-30(6-10-32)7-11-32)17-2-3-22(20(24)13-17)28-29-23-18(15-26)12-19(31(33)34)14-21(23)25/h2-3,12-14,16,27H,4-11H2,1H3/q+1. The number of benzene rings is 2. The number of fused-ring (bicyclic) bond motifs is 3. The van der Waals surface area contributed by atoms with Crippen LogP contribution in [0.2, 0.25) is 10.0 Å². The van der Waals surface area contributed by atoms with Crippen LogP contribution in [0.5, 0.6) is 0 Å². The third-order valence-electron chi connectivity index (χ3n) is 6.82. The van der Waals surface area contributed by atoms with Crippen LogP contribution in [0.3, 0.4) is 0 Å². The lowest BCUT2D eigenvalue weighted by Gasteiger charge is -2.50. The van der Waals surface area contributed by atoms with Crippen LogP contribution < -0.4 is 5.32 Å². The molecule has 2 aromatic carbocycles. The summed E-state index contributed by atoms with van der Waals surface area (Å²) < 4.78 is 1.21. The quantitative estimate of drug-likeness (QED) is 0.237. The van der Waals surface area contributed by atoms with Crippen LogP contribution in [0.25, 0.3) is 0 Å². The predicted octanol–water partition coefficient (Wildman–Crippen LogP) is 4.99. The number of nitrogens with zero attached hydrogens (tertiary/aromatic N) is 6.